The van der Waals surface area contributed by atoms with Gasteiger partial charge >= 0.3 is 5.97 Å². The Kier molecular flexibility index (Phi) is 17.6. The Bertz CT molecular complexity index is 881. The van der Waals surface area contributed by atoms with Crippen molar-refractivity contribution in [3.8, 4) is 22.9 Å². The summed E-state index contributed by atoms with van der Waals surface area (Å²) in [4.78, 5) is 20.9. The van der Waals surface area contributed by atoms with Gasteiger partial charge in [0.15, 0.2) is 11.6 Å². The highest BCUT2D eigenvalue weighted by Crippen LogP contribution is 2.21. The predicted octanol–water partition coefficient (Wildman–Crippen LogP) is 8.50. The number of aromatic nitrogens is 2. The monoisotopic (exact) mass is 524 g/mol. The second kappa shape index (κ2) is 21.2. The van der Waals surface area contributed by atoms with Crippen molar-refractivity contribution < 1.29 is 19.0 Å². The van der Waals surface area contributed by atoms with Crippen molar-refractivity contribution >= 4 is 5.97 Å². The Morgan fingerprint density at radius 3 is 1.97 bits per heavy atom. The SMILES string of the molecule is CCCCCCCCC/C=C/C(=O)Oc1ccc(-c2ncc(OCCCCOCCCCCC)cn2)cc1. The first-order valence-corrected chi connectivity index (χ1v) is 14.7. The average molecular weight is 525 g/mol. The molecule has 0 amide bonds. The molecule has 1 aromatic carbocycles. The number of rotatable bonds is 22. The van der Waals surface area contributed by atoms with E-state index in [1.165, 1.54) is 63.9 Å². The van der Waals surface area contributed by atoms with Gasteiger partial charge in [-0.05, 0) is 56.4 Å². The summed E-state index contributed by atoms with van der Waals surface area (Å²) in [5.41, 5.74) is 0.849. The molecule has 0 saturated heterocycles. The van der Waals surface area contributed by atoms with Gasteiger partial charge in [0.05, 0.1) is 19.0 Å². The molecule has 0 unspecified atom stereocenters. The number of hydrogen-bond donors (Lipinski definition) is 0. The van der Waals surface area contributed by atoms with Gasteiger partial charge in [0.25, 0.3) is 0 Å². The molecule has 0 N–H and O–H groups in total. The molecular weight excluding hydrogens is 476 g/mol. The van der Waals surface area contributed by atoms with Gasteiger partial charge < -0.3 is 14.2 Å². The quantitative estimate of drug-likeness (QED) is 0.0665. The van der Waals surface area contributed by atoms with Gasteiger partial charge in [-0.15, -0.1) is 0 Å². The second-order valence-electron chi connectivity index (χ2n) is 9.73. The molecule has 0 aliphatic heterocycles. The Balaban J connectivity index is 1.60. The van der Waals surface area contributed by atoms with E-state index in [1.54, 1.807) is 24.5 Å². The number of esters is 1. The van der Waals surface area contributed by atoms with E-state index in [9.17, 15) is 4.79 Å². The Labute approximate surface area is 230 Å². The maximum absolute atomic E-state index is 12.1. The van der Waals surface area contributed by atoms with Crippen LogP contribution in [0.2, 0.25) is 0 Å². The fourth-order valence-corrected chi connectivity index (χ4v) is 3.99. The third-order valence-corrected chi connectivity index (χ3v) is 6.28. The zero-order valence-electron chi connectivity index (χ0n) is 23.7. The Morgan fingerprint density at radius 1 is 0.711 bits per heavy atom. The largest absolute Gasteiger partial charge is 0.490 e. The lowest BCUT2D eigenvalue weighted by Gasteiger charge is -2.07. The van der Waals surface area contributed by atoms with Crippen LogP contribution in [0.3, 0.4) is 0 Å². The summed E-state index contributed by atoms with van der Waals surface area (Å²) in [5, 5.41) is 0. The van der Waals surface area contributed by atoms with Crippen molar-refractivity contribution in [2.75, 3.05) is 19.8 Å². The highest BCUT2D eigenvalue weighted by molar-refractivity contribution is 5.84. The third-order valence-electron chi connectivity index (χ3n) is 6.28. The molecule has 1 heterocycles. The molecule has 1 aromatic heterocycles. The summed E-state index contributed by atoms with van der Waals surface area (Å²) in [7, 11) is 0. The summed E-state index contributed by atoms with van der Waals surface area (Å²) < 4.78 is 16.8. The highest BCUT2D eigenvalue weighted by atomic mass is 16.5. The normalized spacial score (nSPS) is 11.2. The van der Waals surface area contributed by atoms with Crippen molar-refractivity contribution in [2.45, 2.75) is 104 Å². The minimum atomic E-state index is -0.350. The smallest absolute Gasteiger partial charge is 0.335 e. The minimum Gasteiger partial charge on any atom is -0.490 e. The zero-order chi connectivity index (χ0) is 27.1. The second-order valence-corrected chi connectivity index (χ2v) is 9.73. The van der Waals surface area contributed by atoms with E-state index in [2.05, 4.69) is 23.8 Å². The summed E-state index contributed by atoms with van der Waals surface area (Å²) in [6.07, 6.45) is 23.4. The molecule has 2 rings (SSSR count). The lowest BCUT2D eigenvalue weighted by molar-refractivity contribution is -0.129. The van der Waals surface area contributed by atoms with E-state index in [4.69, 9.17) is 14.2 Å². The maximum Gasteiger partial charge on any atom is 0.335 e. The van der Waals surface area contributed by atoms with Crippen LogP contribution in [0.4, 0.5) is 0 Å². The standard InChI is InChI=1S/C32H48N2O4/c1-3-5-7-9-10-11-12-13-14-18-31(35)38-29-21-19-28(20-22-29)32-33-26-30(27-34-32)37-25-17-16-24-36-23-15-8-6-4-2/h14,18-22,26-27H,3-13,15-17,23-25H2,1-2H3/b18-14+. The molecule has 0 spiro atoms. The molecule has 38 heavy (non-hydrogen) atoms. The lowest BCUT2D eigenvalue weighted by atomic mass is 10.1. The van der Waals surface area contributed by atoms with Crippen LogP contribution in [0.1, 0.15) is 104 Å². The van der Waals surface area contributed by atoms with Crippen molar-refractivity contribution in [2.24, 2.45) is 0 Å². The Hall–Kier alpha value is -2.73. The van der Waals surface area contributed by atoms with Crippen LogP contribution in [0, 0.1) is 0 Å². The van der Waals surface area contributed by atoms with E-state index < -0.39 is 0 Å². The van der Waals surface area contributed by atoms with Gasteiger partial charge in [0, 0.05) is 24.9 Å². The number of carbonyl (C=O) groups is 1. The van der Waals surface area contributed by atoms with Crippen LogP contribution in [-0.2, 0) is 9.53 Å². The van der Waals surface area contributed by atoms with E-state index >= 15 is 0 Å². The molecule has 0 fully saturated rings. The van der Waals surface area contributed by atoms with Crippen LogP contribution >= 0.6 is 0 Å². The summed E-state index contributed by atoms with van der Waals surface area (Å²) in [6.45, 7) is 6.71. The first-order valence-electron chi connectivity index (χ1n) is 14.7. The molecule has 6 nitrogen and oxygen atoms in total. The summed E-state index contributed by atoms with van der Waals surface area (Å²) >= 11 is 0. The van der Waals surface area contributed by atoms with Gasteiger partial charge in [0.2, 0.25) is 0 Å². The number of nitrogens with zero attached hydrogens (tertiary/aromatic N) is 2. The lowest BCUT2D eigenvalue weighted by Crippen LogP contribution is -2.03. The first-order chi connectivity index (χ1) is 18.7. The van der Waals surface area contributed by atoms with Crippen LogP contribution < -0.4 is 9.47 Å². The number of unbranched alkanes of at least 4 members (excludes halogenated alkanes) is 11. The number of ether oxygens (including phenoxy) is 3. The number of hydrogen-bond acceptors (Lipinski definition) is 6. The average Bonchev–Trinajstić information content (AvgIpc) is 2.94. The van der Waals surface area contributed by atoms with Crippen LogP contribution in [-0.4, -0.2) is 35.8 Å². The van der Waals surface area contributed by atoms with E-state index in [0.29, 0.717) is 23.9 Å². The molecule has 6 heteroatoms. The van der Waals surface area contributed by atoms with Gasteiger partial charge in [-0.2, -0.15) is 0 Å². The minimum absolute atomic E-state index is 0.350. The molecule has 0 aliphatic rings. The van der Waals surface area contributed by atoms with E-state index in [1.807, 2.05) is 18.2 Å². The van der Waals surface area contributed by atoms with Crippen LogP contribution in [0.5, 0.6) is 11.5 Å². The highest BCUT2D eigenvalue weighted by Gasteiger charge is 2.05. The fourth-order valence-electron chi connectivity index (χ4n) is 3.99. The third kappa shape index (κ3) is 14.9. The van der Waals surface area contributed by atoms with Crippen molar-refractivity contribution in [1.29, 1.82) is 0 Å². The van der Waals surface area contributed by atoms with Gasteiger partial charge in [-0.3, -0.25) is 0 Å². The molecule has 0 radical (unpaired) electrons. The van der Waals surface area contributed by atoms with Crippen molar-refractivity contribution in [3.63, 3.8) is 0 Å². The topological polar surface area (TPSA) is 70.5 Å². The maximum atomic E-state index is 12.1. The number of allylic oxidation sites excluding steroid dienone is 1. The van der Waals surface area contributed by atoms with Gasteiger partial charge in [-0.25, -0.2) is 14.8 Å². The van der Waals surface area contributed by atoms with Crippen molar-refractivity contribution in [1.82, 2.24) is 9.97 Å². The molecular formula is C32H48N2O4. The van der Waals surface area contributed by atoms with Gasteiger partial charge in [-0.1, -0.05) is 77.7 Å². The zero-order valence-corrected chi connectivity index (χ0v) is 23.7. The molecule has 0 aliphatic carbocycles. The number of benzene rings is 1. The van der Waals surface area contributed by atoms with Gasteiger partial charge in [0.1, 0.15) is 5.75 Å². The summed E-state index contributed by atoms with van der Waals surface area (Å²) in [5.74, 6) is 1.41. The van der Waals surface area contributed by atoms with E-state index in [-0.39, 0.29) is 5.97 Å². The Morgan fingerprint density at radius 2 is 1.29 bits per heavy atom. The predicted molar refractivity (Wildman–Crippen MR) is 155 cm³/mol. The molecule has 0 atom stereocenters. The number of carbonyl (C=O) groups excluding carboxylic acids is 1. The van der Waals surface area contributed by atoms with Crippen LogP contribution in [0.15, 0.2) is 48.8 Å². The molecule has 0 saturated carbocycles. The van der Waals surface area contributed by atoms with Crippen LogP contribution in [0.25, 0.3) is 11.4 Å². The van der Waals surface area contributed by atoms with Crippen molar-refractivity contribution in [3.05, 3.63) is 48.8 Å². The molecule has 210 valence electrons. The summed E-state index contributed by atoms with van der Waals surface area (Å²) in [6, 6.07) is 7.22. The van der Waals surface area contributed by atoms with E-state index in [0.717, 1.165) is 50.9 Å². The first kappa shape index (κ1) is 31.5. The fraction of sp³-hybridized carbons (Fsp3) is 0.594. The molecule has 2 aromatic rings. The molecule has 0 bridgehead atoms.